The van der Waals surface area contributed by atoms with E-state index in [1.165, 1.54) is 55.5 Å². The number of nitrogens with one attached hydrogen (secondary N) is 1. The van der Waals surface area contributed by atoms with Gasteiger partial charge in [0.2, 0.25) is 0 Å². The van der Waals surface area contributed by atoms with Crippen LogP contribution in [0.4, 0.5) is 0 Å². The summed E-state index contributed by atoms with van der Waals surface area (Å²) in [4.78, 5) is 2.62. The van der Waals surface area contributed by atoms with Crippen molar-refractivity contribution in [3.8, 4) is 0 Å². The molecule has 0 amide bonds. The maximum atomic E-state index is 3.42. The summed E-state index contributed by atoms with van der Waals surface area (Å²) in [7, 11) is 0. The van der Waals surface area contributed by atoms with Gasteiger partial charge in [0, 0.05) is 19.6 Å². The minimum Gasteiger partial charge on any atom is -0.309 e. The predicted octanol–water partition coefficient (Wildman–Crippen LogP) is 3.69. The number of fused-ring (bicyclic) bond motifs is 1. The van der Waals surface area contributed by atoms with Crippen molar-refractivity contribution in [1.82, 2.24) is 10.2 Å². The second-order valence-corrected chi connectivity index (χ2v) is 5.69. The van der Waals surface area contributed by atoms with Crippen molar-refractivity contribution in [2.75, 3.05) is 13.1 Å². The van der Waals surface area contributed by atoms with Crippen LogP contribution < -0.4 is 5.32 Å². The molecule has 0 spiro atoms. The molecule has 1 aliphatic heterocycles. The van der Waals surface area contributed by atoms with Crippen molar-refractivity contribution in [2.45, 2.75) is 59.2 Å². The Morgan fingerprint density at radius 1 is 1.00 bits per heavy atom. The zero-order valence-electron chi connectivity index (χ0n) is 12.5. The molecule has 106 valence electrons. The van der Waals surface area contributed by atoms with E-state index in [4.69, 9.17) is 0 Å². The normalized spacial score (nSPS) is 14.1. The zero-order valence-corrected chi connectivity index (χ0v) is 12.5. The van der Waals surface area contributed by atoms with Gasteiger partial charge < -0.3 is 5.32 Å². The first-order valence-corrected chi connectivity index (χ1v) is 7.87. The lowest BCUT2D eigenvalue weighted by molar-refractivity contribution is 0.257. The summed E-state index contributed by atoms with van der Waals surface area (Å²) in [5, 5.41) is 3.42. The first-order valence-electron chi connectivity index (χ1n) is 7.87. The Morgan fingerprint density at radius 3 is 2.37 bits per heavy atom. The van der Waals surface area contributed by atoms with Gasteiger partial charge in [0.25, 0.3) is 0 Å². The Bertz CT molecular complexity index is 379. The molecule has 1 heterocycles. The molecule has 0 aliphatic carbocycles. The molecule has 2 nitrogen and oxygen atoms in total. The van der Waals surface area contributed by atoms with E-state index in [2.05, 4.69) is 42.3 Å². The average molecular weight is 260 g/mol. The molecule has 1 aromatic carbocycles. The van der Waals surface area contributed by atoms with Crippen molar-refractivity contribution < 1.29 is 0 Å². The number of hydrogen-bond donors (Lipinski definition) is 1. The lowest BCUT2D eigenvalue weighted by atomic mass is 10.1. The first-order chi connectivity index (χ1) is 9.33. The van der Waals surface area contributed by atoms with Crippen LogP contribution in [-0.2, 0) is 19.6 Å². The summed E-state index contributed by atoms with van der Waals surface area (Å²) in [6.45, 7) is 10.3. The number of benzene rings is 1. The second-order valence-electron chi connectivity index (χ2n) is 5.69. The Labute approximate surface area is 118 Å². The van der Waals surface area contributed by atoms with Crippen LogP contribution in [-0.4, -0.2) is 18.0 Å². The fourth-order valence-corrected chi connectivity index (χ4v) is 2.74. The summed E-state index contributed by atoms with van der Waals surface area (Å²) in [5.74, 6) is 0. The third-order valence-electron chi connectivity index (χ3n) is 3.96. The Balaban J connectivity index is 1.95. The Hall–Kier alpha value is -0.860. The van der Waals surface area contributed by atoms with Gasteiger partial charge in [-0.2, -0.15) is 0 Å². The van der Waals surface area contributed by atoms with Crippen LogP contribution in [0.15, 0.2) is 18.2 Å². The van der Waals surface area contributed by atoms with E-state index in [0.29, 0.717) is 0 Å². The van der Waals surface area contributed by atoms with Crippen molar-refractivity contribution in [1.29, 1.82) is 0 Å². The molecular weight excluding hydrogens is 232 g/mol. The minimum atomic E-state index is 1.05. The van der Waals surface area contributed by atoms with E-state index >= 15 is 0 Å². The molecule has 0 aromatic heterocycles. The van der Waals surface area contributed by atoms with Gasteiger partial charge in [0.05, 0.1) is 0 Å². The van der Waals surface area contributed by atoms with E-state index in [-0.39, 0.29) is 0 Å². The van der Waals surface area contributed by atoms with Gasteiger partial charge in [-0.25, -0.2) is 0 Å². The molecule has 0 radical (unpaired) electrons. The van der Waals surface area contributed by atoms with E-state index in [0.717, 1.165) is 19.6 Å². The van der Waals surface area contributed by atoms with Gasteiger partial charge in [0.1, 0.15) is 0 Å². The van der Waals surface area contributed by atoms with E-state index in [9.17, 15) is 0 Å². The summed E-state index contributed by atoms with van der Waals surface area (Å²) < 4.78 is 0. The first kappa shape index (κ1) is 14.5. The van der Waals surface area contributed by atoms with Crippen LogP contribution >= 0.6 is 0 Å². The number of nitrogens with zero attached hydrogens (tertiary/aromatic N) is 1. The molecule has 19 heavy (non-hydrogen) atoms. The van der Waals surface area contributed by atoms with Gasteiger partial charge in [-0.3, -0.25) is 4.90 Å². The standard InChI is InChI=1S/C17H28N2/c1-3-5-9-19(10-6-4-2)14-15-7-8-16-12-18-13-17(16)11-15/h7-8,11,18H,3-6,9-10,12-14H2,1-2H3. The third kappa shape index (κ3) is 4.32. The quantitative estimate of drug-likeness (QED) is 0.767. The highest BCUT2D eigenvalue weighted by Crippen LogP contribution is 2.18. The van der Waals surface area contributed by atoms with Crippen LogP contribution in [0.1, 0.15) is 56.2 Å². The molecule has 2 rings (SSSR count). The van der Waals surface area contributed by atoms with E-state index in [1.807, 2.05) is 0 Å². The monoisotopic (exact) mass is 260 g/mol. The topological polar surface area (TPSA) is 15.3 Å². The highest BCUT2D eigenvalue weighted by atomic mass is 15.1. The molecule has 0 saturated heterocycles. The highest BCUT2D eigenvalue weighted by molar-refractivity contribution is 5.34. The fourth-order valence-electron chi connectivity index (χ4n) is 2.74. The van der Waals surface area contributed by atoms with Crippen LogP contribution in [0.5, 0.6) is 0 Å². The zero-order chi connectivity index (χ0) is 13.5. The number of rotatable bonds is 8. The van der Waals surface area contributed by atoms with Crippen molar-refractivity contribution in [3.05, 3.63) is 34.9 Å². The van der Waals surface area contributed by atoms with Crippen LogP contribution in [0, 0.1) is 0 Å². The predicted molar refractivity (Wildman–Crippen MR) is 82.1 cm³/mol. The van der Waals surface area contributed by atoms with Crippen LogP contribution in [0.25, 0.3) is 0 Å². The van der Waals surface area contributed by atoms with Gasteiger partial charge in [0.15, 0.2) is 0 Å². The molecule has 1 aromatic rings. The smallest absolute Gasteiger partial charge is 0.0233 e. The van der Waals surface area contributed by atoms with Crippen LogP contribution in [0.2, 0.25) is 0 Å². The van der Waals surface area contributed by atoms with Gasteiger partial charge in [-0.1, -0.05) is 44.9 Å². The van der Waals surface area contributed by atoms with Gasteiger partial charge in [-0.05, 0) is 42.6 Å². The SMILES string of the molecule is CCCCN(CCCC)Cc1ccc2c(c1)CNC2. The molecular formula is C17H28N2. The summed E-state index contributed by atoms with van der Waals surface area (Å²) >= 11 is 0. The Kier molecular flexibility index (Phi) is 5.87. The maximum absolute atomic E-state index is 3.42. The lowest BCUT2D eigenvalue weighted by Crippen LogP contribution is -2.25. The van der Waals surface area contributed by atoms with Crippen molar-refractivity contribution in [2.24, 2.45) is 0 Å². The van der Waals surface area contributed by atoms with E-state index < -0.39 is 0 Å². The van der Waals surface area contributed by atoms with E-state index in [1.54, 1.807) is 0 Å². The molecule has 0 bridgehead atoms. The summed E-state index contributed by atoms with van der Waals surface area (Å²) in [6, 6.07) is 7.03. The third-order valence-corrected chi connectivity index (χ3v) is 3.96. The summed E-state index contributed by atoms with van der Waals surface area (Å²) in [5.41, 5.74) is 4.47. The van der Waals surface area contributed by atoms with Crippen molar-refractivity contribution in [3.63, 3.8) is 0 Å². The van der Waals surface area contributed by atoms with Crippen LogP contribution in [0.3, 0.4) is 0 Å². The molecule has 0 unspecified atom stereocenters. The molecule has 0 saturated carbocycles. The largest absolute Gasteiger partial charge is 0.309 e. The Morgan fingerprint density at radius 2 is 1.68 bits per heavy atom. The number of hydrogen-bond acceptors (Lipinski definition) is 2. The summed E-state index contributed by atoms with van der Waals surface area (Å²) in [6.07, 6.45) is 5.21. The van der Waals surface area contributed by atoms with Crippen molar-refractivity contribution >= 4 is 0 Å². The maximum Gasteiger partial charge on any atom is 0.0233 e. The molecule has 0 fully saturated rings. The lowest BCUT2D eigenvalue weighted by Gasteiger charge is -2.22. The molecule has 0 atom stereocenters. The molecule has 1 N–H and O–H groups in total. The fraction of sp³-hybridized carbons (Fsp3) is 0.647. The highest BCUT2D eigenvalue weighted by Gasteiger charge is 2.11. The second kappa shape index (κ2) is 7.66. The van der Waals surface area contributed by atoms with Gasteiger partial charge >= 0.3 is 0 Å². The number of unbranched alkanes of at least 4 members (excludes halogenated alkanes) is 2. The molecule has 2 heteroatoms. The minimum absolute atomic E-state index is 1.05. The average Bonchev–Trinajstić information content (AvgIpc) is 2.89. The van der Waals surface area contributed by atoms with Gasteiger partial charge in [-0.15, -0.1) is 0 Å². The molecule has 1 aliphatic rings.